The van der Waals surface area contributed by atoms with Crippen molar-refractivity contribution in [3.05, 3.63) is 126 Å². The number of rotatable bonds is 6. The average molecular weight is 449 g/mol. The highest BCUT2D eigenvalue weighted by Gasteiger charge is 2.59. The number of carboxylic acids is 1. The average Bonchev–Trinajstić information content (AvgIpc) is 2.85. The molecular formula is C30H24O4. The van der Waals surface area contributed by atoms with Gasteiger partial charge in [-0.1, -0.05) is 103 Å². The third kappa shape index (κ3) is 4.11. The van der Waals surface area contributed by atoms with Gasteiger partial charge in [-0.2, -0.15) is 0 Å². The molecule has 0 amide bonds. The molecule has 0 saturated heterocycles. The number of carboxylic acid groups (broad SMARTS) is 1. The van der Waals surface area contributed by atoms with E-state index in [0.717, 1.165) is 22.3 Å². The first-order valence-electron chi connectivity index (χ1n) is 11.3. The molecular weight excluding hydrogens is 424 g/mol. The van der Waals surface area contributed by atoms with E-state index in [0.29, 0.717) is 5.75 Å². The third-order valence-corrected chi connectivity index (χ3v) is 6.63. The van der Waals surface area contributed by atoms with E-state index in [2.05, 4.69) is 0 Å². The number of ether oxygens (including phenoxy) is 1. The molecule has 0 radical (unpaired) electrons. The molecule has 34 heavy (non-hydrogen) atoms. The summed E-state index contributed by atoms with van der Waals surface area (Å²) >= 11 is 0. The summed E-state index contributed by atoms with van der Waals surface area (Å²) in [6, 6.07) is 36.1. The van der Waals surface area contributed by atoms with Gasteiger partial charge in [0.15, 0.2) is 0 Å². The van der Waals surface area contributed by atoms with Gasteiger partial charge in [0, 0.05) is 11.8 Å². The standard InChI is InChI=1S/C30H24O4/c31-29(32)27-25(21-13-6-2-7-14-21)28(26(27)22-15-8-3-9-16-22)30(33)34-24-18-10-17-23(19-24)20-11-4-1-5-12-20/h1-19,25-28H,(H,31,32)/t25-,26?,27?,28?/m1/s1. The van der Waals surface area contributed by atoms with Crippen molar-refractivity contribution in [2.24, 2.45) is 11.8 Å². The van der Waals surface area contributed by atoms with E-state index in [9.17, 15) is 14.7 Å². The van der Waals surface area contributed by atoms with Gasteiger partial charge in [0.1, 0.15) is 5.75 Å². The van der Waals surface area contributed by atoms with Gasteiger partial charge in [0.05, 0.1) is 11.8 Å². The highest BCUT2D eigenvalue weighted by molar-refractivity contribution is 5.86. The number of hydrogen-bond acceptors (Lipinski definition) is 3. The Balaban J connectivity index is 1.49. The minimum atomic E-state index is -0.905. The van der Waals surface area contributed by atoms with E-state index in [1.807, 2.05) is 109 Å². The van der Waals surface area contributed by atoms with Crippen molar-refractivity contribution in [3.63, 3.8) is 0 Å². The molecule has 4 aromatic carbocycles. The Morgan fingerprint density at radius 3 is 1.62 bits per heavy atom. The number of aliphatic carboxylic acids is 1. The van der Waals surface area contributed by atoms with Crippen LogP contribution < -0.4 is 4.74 Å². The van der Waals surface area contributed by atoms with Crippen molar-refractivity contribution < 1.29 is 19.4 Å². The van der Waals surface area contributed by atoms with E-state index in [-0.39, 0.29) is 0 Å². The maximum absolute atomic E-state index is 13.6. The van der Waals surface area contributed by atoms with Crippen LogP contribution in [0.15, 0.2) is 115 Å². The van der Waals surface area contributed by atoms with E-state index in [4.69, 9.17) is 4.74 Å². The van der Waals surface area contributed by atoms with Crippen LogP contribution in [0.1, 0.15) is 23.0 Å². The SMILES string of the molecule is O=C(O)C1C(c2ccccc2)C(C(=O)Oc2cccc(-c3ccccc3)c2)[C@@H]1c1ccccc1. The minimum absolute atomic E-state index is 0.412. The number of benzene rings is 4. The zero-order chi connectivity index (χ0) is 23.5. The van der Waals surface area contributed by atoms with Crippen LogP contribution in [0.3, 0.4) is 0 Å². The second-order valence-corrected chi connectivity index (χ2v) is 8.58. The van der Waals surface area contributed by atoms with Gasteiger partial charge in [0.2, 0.25) is 0 Å². The topological polar surface area (TPSA) is 63.6 Å². The van der Waals surface area contributed by atoms with E-state index in [1.54, 1.807) is 6.07 Å². The fourth-order valence-electron chi connectivity index (χ4n) is 5.08. The van der Waals surface area contributed by atoms with E-state index >= 15 is 0 Å². The fraction of sp³-hybridized carbons (Fsp3) is 0.133. The lowest BCUT2D eigenvalue weighted by molar-refractivity contribution is -0.158. The molecule has 5 rings (SSSR count). The zero-order valence-corrected chi connectivity index (χ0v) is 18.5. The summed E-state index contributed by atoms with van der Waals surface area (Å²) in [5.74, 6) is -3.11. The van der Waals surface area contributed by atoms with Gasteiger partial charge in [-0.25, -0.2) is 0 Å². The highest BCUT2D eigenvalue weighted by atomic mass is 16.5. The quantitative estimate of drug-likeness (QED) is 0.284. The normalized spacial score (nSPS) is 21.3. The van der Waals surface area contributed by atoms with Crippen LogP contribution >= 0.6 is 0 Å². The summed E-state index contributed by atoms with van der Waals surface area (Å²) in [6.07, 6.45) is 0. The summed E-state index contributed by atoms with van der Waals surface area (Å²) in [4.78, 5) is 25.9. The van der Waals surface area contributed by atoms with Crippen LogP contribution in [-0.4, -0.2) is 17.0 Å². The van der Waals surface area contributed by atoms with Gasteiger partial charge < -0.3 is 9.84 Å². The highest BCUT2D eigenvalue weighted by Crippen LogP contribution is 2.58. The summed E-state index contributed by atoms with van der Waals surface area (Å²) in [5.41, 5.74) is 3.64. The number of hydrogen-bond donors (Lipinski definition) is 1. The Hall–Kier alpha value is -4.18. The Kier molecular flexibility index (Phi) is 5.96. The van der Waals surface area contributed by atoms with E-state index < -0.39 is 35.6 Å². The van der Waals surface area contributed by atoms with Crippen molar-refractivity contribution in [2.75, 3.05) is 0 Å². The molecule has 0 bridgehead atoms. The first-order chi connectivity index (χ1) is 16.6. The summed E-state index contributed by atoms with van der Waals surface area (Å²) in [6.45, 7) is 0. The maximum Gasteiger partial charge on any atom is 0.315 e. The third-order valence-electron chi connectivity index (χ3n) is 6.63. The van der Waals surface area contributed by atoms with Gasteiger partial charge in [0.25, 0.3) is 0 Å². The second kappa shape index (κ2) is 9.36. The molecule has 4 aromatic rings. The van der Waals surface area contributed by atoms with Gasteiger partial charge in [-0.15, -0.1) is 0 Å². The number of esters is 1. The van der Waals surface area contributed by atoms with Gasteiger partial charge in [-0.05, 0) is 34.4 Å². The Morgan fingerprint density at radius 1 is 0.588 bits per heavy atom. The molecule has 1 aliphatic rings. The van der Waals surface area contributed by atoms with Crippen LogP contribution in [-0.2, 0) is 9.59 Å². The Bertz CT molecular complexity index is 1240. The molecule has 1 fully saturated rings. The van der Waals surface area contributed by atoms with Gasteiger partial charge >= 0.3 is 11.9 Å². The molecule has 0 aliphatic heterocycles. The predicted octanol–water partition coefficient (Wildman–Crippen LogP) is 6.16. The lowest BCUT2D eigenvalue weighted by Crippen LogP contribution is -2.52. The minimum Gasteiger partial charge on any atom is -0.481 e. The van der Waals surface area contributed by atoms with Crippen molar-refractivity contribution in [3.8, 4) is 16.9 Å². The molecule has 4 nitrogen and oxygen atoms in total. The summed E-state index contributed by atoms with van der Waals surface area (Å²) < 4.78 is 5.88. The predicted molar refractivity (Wildman–Crippen MR) is 130 cm³/mol. The first kappa shape index (κ1) is 21.7. The van der Waals surface area contributed by atoms with Crippen LogP contribution in [0.2, 0.25) is 0 Å². The molecule has 0 spiro atoms. The fourth-order valence-corrected chi connectivity index (χ4v) is 5.08. The Labute approximate surface area is 198 Å². The maximum atomic E-state index is 13.6. The molecule has 4 atom stereocenters. The number of carbonyl (C=O) groups is 2. The van der Waals surface area contributed by atoms with Crippen LogP contribution in [0.4, 0.5) is 0 Å². The first-order valence-corrected chi connectivity index (χ1v) is 11.3. The smallest absolute Gasteiger partial charge is 0.315 e. The summed E-state index contributed by atoms with van der Waals surface area (Å²) in [7, 11) is 0. The molecule has 1 aliphatic carbocycles. The molecule has 4 heteroatoms. The lowest BCUT2D eigenvalue weighted by atomic mass is 9.52. The second-order valence-electron chi connectivity index (χ2n) is 8.58. The van der Waals surface area contributed by atoms with Crippen molar-refractivity contribution >= 4 is 11.9 Å². The zero-order valence-electron chi connectivity index (χ0n) is 18.5. The largest absolute Gasteiger partial charge is 0.481 e. The number of carbonyl (C=O) groups excluding carboxylic acids is 1. The van der Waals surface area contributed by atoms with Crippen LogP contribution in [0.5, 0.6) is 5.75 Å². The molecule has 1 N–H and O–H groups in total. The molecule has 1 saturated carbocycles. The van der Waals surface area contributed by atoms with Gasteiger partial charge in [-0.3, -0.25) is 9.59 Å². The molecule has 168 valence electrons. The van der Waals surface area contributed by atoms with Crippen molar-refractivity contribution in [1.29, 1.82) is 0 Å². The Morgan fingerprint density at radius 2 is 1.09 bits per heavy atom. The molecule has 0 aromatic heterocycles. The summed E-state index contributed by atoms with van der Waals surface area (Å²) in [5, 5.41) is 10.1. The van der Waals surface area contributed by atoms with Crippen molar-refractivity contribution in [1.82, 2.24) is 0 Å². The molecule has 0 heterocycles. The lowest BCUT2D eigenvalue weighted by Gasteiger charge is -2.48. The monoisotopic (exact) mass is 448 g/mol. The van der Waals surface area contributed by atoms with E-state index in [1.165, 1.54) is 0 Å². The van der Waals surface area contributed by atoms with Crippen molar-refractivity contribution in [2.45, 2.75) is 11.8 Å². The van der Waals surface area contributed by atoms with Crippen LogP contribution in [0.25, 0.3) is 11.1 Å². The molecule has 3 unspecified atom stereocenters. The van der Waals surface area contributed by atoms with Crippen LogP contribution in [0, 0.1) is 11.8 Å².